The highest BCUT2D eigenvalue weighted by atomic mass is 15.2. The molecule has 0 fully saturated rings. The van der Waals surface area contributed by atoms with Crippen molar-refractivity contribution < 1.29 is 0 Å². The first-order valence-corrected chi connectivity index (χ1v) is 4.28. The van der Waals surface area contributed by atoms with Crippen LogP contribution in [0.1, 0.15) is 39.5 Å². The molecule has 0 aliphatic heterocycles. The van der Waals surface area contributed by atoms with Crippen LogP contribution in [0.25, 0.3) is 0 Å². The van der Waals surface area contributed by atoms with Crippen molar-refractivity contribution in [1.82, 2.24) is 5.43 Å². The van der Waals surface area contributed by atoms with Gasteiger partial charge in [0, 0.05) is 6.54 Å². The summed E-state index contributed by atoms with van der Waals surface area (Å²) >= 11 is 0. The lowest BCUT2D eigenvalue weighted by Gasteiger charge is -2.13. The molecule has 0 radical (unpaired) electrons. The van der Waals surface area contributed by atoms with Crippen LogP contribution in [0.5, 0.6) is 0 Å². The summed E-state index contributed by atoms with van der Waals surface area (Å²) in [5.41, 5.74) is 2.74. The molecule has 0 aromatic rings. The summed E-state index contributed by atoms with van der Waals surface area (Å²) in [5, 5.41) is 0. The van der Waals surface area contributed by atoms with Gasteiger partial charge in [-0.2, -0.15) is 0 Å². The van der Waals surface area contributed by atoms with Crippen molar-refractivity contribution in [1.29, 1.82) is 0 Å². The number of nitrogens with two attached hydrogens (primary N) is 1. The number of hydrogen-bond donors (Lipinski definition) is 2. The minimum atomic E-state index is 0.792. The van der Waals surface area contributed by atoms with Crippen molar-refractivity contribution in [2.24, 2.45) is 11.8 Å². The average Bonchev–Trinajstić information content (AvgIpc) is 1.90. The Morgan fingerprint density at radius 3 is 2.00 bits per heavy atom. The molecule has 0 spiro atoms. The predicted octanol–water partition coefficient (Wildman–Crippen LogP) is 1.67. The first-order chi connectivity index (χ1) is 4.85. The van der Waals surface area contributed by atoms with Gasteiger partial charge in [-0.05, 0) is 18.8 Å². The smallest absolute Gasteiger partial charge is 0.0126 e. The van der Waals surface area contributed by atoms with Crippen molar-refractivity contribution in [3.8, 4) is 0 Å². The lowest BCUT2D eigenvalue weighted by molar-refractivity contribution is 0.414. The van der Waals surface area contributed by atoms with Crippen LogP contribution in [0.3, 0.4) is 0 Å². The predicted molar refractivity (Wildman–Crippen MR) is 45.5 cm³/mol. The van der Waals surface area contributed by atoms with Gasteiger partial charge in [-0.1, -0.05) is 26.7 Å². The zero-order valence-corrected chi connectivity index (χ0v) is 7.19. The van der Waals surface area contributed by atoms with E-state index in [-0.39, 0.29) is 0 Å². The van der Waals surface area contributed by atoms with Crippen molar-refractivity contribution in [2.45, 2.75) is 39.5 Å². The lowest BCUT2D eigenvalue weighted by Crippen LogP contribution is -2.28. The molecule has 0 aliphatic carbocycles. The summed E-state index contributed by atoms with van der Waals surface area (Å²) in [5.74, 6) is 6.03. The van der Waals surface area contributed by atoms with Crippen LogP contribution in [0.15, 0.2) is 0 Å². The molecule has 2 nitrogen and oxygen atoms in total. The highest BCUT2D eigenvalue weighted by molar-refractivity contribution is 4.58. The second-order valence-corrected chi connectivity index (χ2v) is 2.85. The van der Waals surface area contributed by atoms with Gasteiger partial charge in [-0.15, -0.1) is 0 Å². The summed E-state index contributed by atoms with van der Waals surface area (Å²) in [7, 11) is 0. The topological polar surface area (TPSA) is 38.0 Å². The van der Waals surface area contributed by atoms with Gasteiger partial charge >= 0.3 is 0 Å². The molecule has 0 unspecified atom stereocenters. The molecule has 0 heterocycles. The third-order valence-corrected chi connectivity index (χ3v) is 1.80. The maximum Gasteiger partial charge on any atom is 0.0126 e. The largest absolute Gasteiger partial charge is 0.271 e. The van der Waals surface area contributed by atoms with Gasteiger partial charge in [0.1, 0.15) is 0 Å². The Bertz CT molecular complexity index is 50.0. The number of nitrogens with one attached hydrogen (secondary N) is 1. The quantitative estimate of drug-likeness (QED) is 0.439. The Balaban J connectivity index is 3.30. The molecule has 0 saturated carbocycles. The van der Waals surface area contributed by atoms with Gasteiger partial charge in [0.2, 0.25) is 0 Å². The molecule has 62 valence electrons. The number of hydrazine groups is 1. The summed E-state index contributed by atoms with van der Waals surface area (Å²) < 4.78 is 0. The van der Waals surface area contributed by atoms with E-state index in [9.17, 15) is 0 Å². The van der Waals surface area contributed by atoms with Gasteiger partial charge < -0.3 is 0 Å². The molecule has 0 rings (SSSR count). The normalized spacial score (nSPS) is 10.8. The van der Waals surface area contributed by atoms with Crippen LogP contribution in [0.2, 0.25) is 0 Å². The monoisotopic (exact) mass is 144 g/mol. The van der Waals surface area contributed by atoms with Crippen LogP contribution in [-0.4, -0.2) is 6.54 Å². The average molecular weight is 144 g/mol. The van der Waals surface area contributed by atoms with E-state index in [1.807, 2.05) is 0 Å². The van der Waals surface area contributed by atoms with Crippen molar-refractivity contribution >= 4 is 0 Å². The molecular weight excluding hydrogens is 124 g/mol. The standard InChI is InChI=1S/C8H20N2/c1-3-5-8(6-4-2)7-10-9/h8,10H,3-7,9H2,1-2H3. The minimum absolute atomic E-state index is 0.792. The molecule has 0 aliphatic rings. The van der Waals surface area contributed by atoms with Crippen molar-refractivity contribution in [3.05, 3.63) is 0 Å². The summed E-state index contributed by atoms with van der Waals surface area (Å²) in [6.07, 6.45) is 5.15. The molecule has 0 atom stereocenters. The molecule has 3 N–H and O–H groups in total. The Labute approximate surface area is 64.2 Å². The minimum Gasteiger partial charge on any atom is -0.271 e. The molecule has 0 aromatic carbocycles. The van der Waals surface area contributed by atoms with E-state index in [1.165, 1.54) is 25.7 Å². The molecular formula is C8H20N2. The highest BCUT2D eigenvalue weighted by Gasteiger charge is 2.03. The zero-order valence-electron chi connectivity index (χ0n) is 7.19. The summed E-state index contributed by atoms with van der Waals surface area (Å²) in [6.45, 7) is 5.42. The Kier molecular flexibility index (Phi) is 6.98. The first-order valence-electron chi connectivity index (χ1n) is 4.28. The zero-order chi connectivity index (χ0) is 7.82. The molecule has 0 bridgehead atoms. The third-order valence-electron chi connectivity index (χ3n) is 1.80. The Morgan fingerprint density at radius 2 is 1.70 bits per heavy atom. The fourth-order valence-corrected chi connectivity index (χ4v) is 1.33. The van der Waals surface area contributed by atoms with Crippen molar-refractivity contribution in [3.63, 3.8) is 0 Å². The van der Waals surface area contributed by atoms with E-state index in [0.717, 1.165) is 12.5 Å². The maximum absolute atomic E-state index is 5.24. The van der Waals surface area contributed by atoms with Gasteiger partial charge in [-0.3, -0.25) is 11.3 Å². The van der Waals surface area contributed by atoms with E-state index >= 15 is 0 Å². The van der Waals surface area contributed by atoms with Crippen molar-refractivity contribution in [2.75, 3.05) is 6.54 Å². The first kappa shape index (κ1) is 9.92. The van der Waals surface area contributed by atoms with E-state index in [0.29, 0.717) is 0 Å². The SMILES string of the molecule is CCCC(CCC)CNN. The fraction of sp³-hybridized carbons (Fsp3) is 1.00. The van der Waals surface area contributed by atoms with E-state index < -0.39 is 0 Å². The fourth-order valence-electron chi connectivity index (χ4n) is 1.33. The Hall–Kier alpha value is -0.0800. The van der Waals surface area contributed by atoms with Crippen LogP contribution in [-0.2, 0) is 0 Å². The van der Waals surface area contributed by atoms with Gasteiger partial charge in [0.25, 0.3) is 0 Å². The van der Waals surface area contributed by atoms with Gasteiger partial charge in [0.15, 0.2) is 0 Å². The molecule has 10 heavy (non-hydrogen) atoms. The lowest BCUT2D eigenvalue weighted by atomic mass is 9.99. The Morgan fingerprint density at radius 1 is 1.20 bits per heavy atom. The van der Waals surface area contributed by atoms with E-state index in [2.05, 4.69) is 19.3 Å². The second-order valence-electron chi connectivity index (χ2n) is 2.85. The van der Waals surface area contributed by atoms with E-state index in [1.54, 1.807) is 0 Å². The number of rotatable bonds is 6. The molecule has 2 heteroatoms. The molecule has 0 aromatic heterocycles. The number of hydrogen-bond acceptors (Lipinski definition) is 2. The van der Waals surface area contributed by atoms with Gasteiger partial charge in [-0.25, -0.2) is 0 Å². The second kappa shape index (κ2) is 7.03. The summed E-state index contributed by atoms with van der Waals surface area (Å²) in [6, 6.07) is 0. The molecule has 0 saturated heterocycles. The van der Waals surface area contributed by atoms with Crippen LogP contribution in [0, 0.1) is 5.92 Å². The van der Waals surface area contributed by atoms with Crippen LogP contribution < -0.4 is 11.3 Å². The molecule has 0 amide bonds. The highest BCUT2D eigenvalue weighted by Crippen LogP contribution is 2.11. The van der Waals surface area contributed by atoms with E-state index in [4.69, 9.17) is 5.84 Å². The summed E-state index contributed by atoms with van der Waals surface area (Å²) in [4.78, 5) is 0. The maximum atomic E-state index is 5.24. The van der Waals surface area contributed by atoms with Crippen LogP contribution >= 0.6 is 0 Å². The third kappa shape index (κ3) is 4.77. The van der Waals surface area contributed by atoms with Crippen LogP contribution in [0.4, 0.5) is 0 Å². The van der Waals surface area contributed by atoms with Gasteiger partial charge in [0.05, 0.1) is 0 Å².